The molecule has 7 amide bonds. The number of aldehydes is 1. The molecule has 9 atom stereocenters. The van der Waals surface area contributed by atoms with Crippen molar-refractivity contribution in [3.8, 4) is 5.75 Å². The van der Waals surface area contributed by atoms with Gasteiger partial charge in [0.15, 0.2) is 0 Å². The highest BCUT2D eigenvalue weighted by atomic mass is 16.3. The highest BCUT2D eigenvalue weighted by molar-refractivity contribution is 5.97. The molecule has 1 aliphatic rings. The van der Waals surface area contributed by atoms with Crippen molar-refractivity contribution in [3.05, 3.63) is 29.8 Å². The molecule has 0 bridgehead atoms. The fourth-order valence-corrected chi connectivity index (χ4v) is 7.09. The SMILES string of the molecule is CCCCCCCCCC(=O)N[C@@H](CC(C)C)C(=O)N[C@H](C(=O)N1CCC[C@@H]1C(=O)N[C@H](C(=O)N[C@@H](C)C(=O)N[C@@H](Cc1ccc(O)cc1)C(=O)NC(C)C=O)C(C)O)C(C)O. The van der Waals surface area contributed by atoms with Gasteiger partial charge in [0.2, 0.25) is 41.4 Å². The zero-order valence-electron chi connectivity index (χ0n) is 37.4. The van der Waals surface area contributed by atoms with Crippen LogP contribution in [0.15, 0.2) is 24.3 Å². The smallest absolute Gasteiger partial charge is 0.248 e. The number of benzene rings is 1. The maximum Gasteiger partial charge on any atom is 0.248 e. The molecule has 9 N–H and O–H groups in total. The standard InChI is InChI=1S/C44H71N7O11/c1-8-9-10-11-12-13-14-17-36(56)47-33(23-26(2)3)41(59)50-38(30(7)54)44(62)51-22-15-16-35(51)42(60)49-37(29(6)53)43(61)46-28(5)39(57)48-34(40(58)45-27(4)25-52)24-31-18-20-32(55)21-19-31/h18-21,25-30,33-35,37-38,53-55H,8-17,22-24H2,1-7H3,(H,45,58)(H,46,61)(H,47,56)(H,48,57)(H,49,60)(H,50,59)/t27?,28-,29?,30?,33-,34-,35+,37-,38-/m0/s1. The van der Waals surface area contributed by atoms with Gasteiger partial charge >= 0.3 is 0 Å². The topological polar surface area (TPSA) is 273 Å². The molecule has 18 nitrogen and oxygen atoms in total. The molecule has 2 rings (SSSR count). The van der Waals surface area contributed by atoms with Crippen LogP contribution in [0.3, 0.4) is 0 Å². The normalized spacial score (nSPS) is 17.6. The predicted octanol–water partition coefficient (Wildman–Crippen LogP) is 1.02. The minimum atomic E-state index is -1.59. The Hall–Kier alpha value is -5.10. The predicted molar refractivity (Wildman–Crippen MR) is 231 cm³/mol. The molecule has 0 aliphatic carbocycles. The summed E-state index contributed by atoms with van der Waals surface area (Å²) in [4.78, 5) is 106. The minimum Gasteiger partial charge on any atom is -0.508 e. The van der Waals surface area contributed by atoms with Gasteiger partial charge < -0.3 is 56.9 Å². The molecule has 1 aliphatic heterocycles. The molecule has 62 heavy (non-hydrogen) atoms. The maximum atomic E-state index is 13.9. The number of aliphatic hydroxyl groups is 2. The van der Waals surface area contributed by atoms with Crippen LogP contribution < -0.4 is 31.9 Å². The molecule has 18 heteroatoms. The van der Waals surface area contributed by atoms with E-state index in [2.05, 4.69) is 38.8 Å². The number of carbonyl (C=O) groups excluding carboxylic acids is 8. The van der Waals surface area contributed by atoms with Crippen molar-refractivity contribution >= 4 is 47.6 Å². The number of unbranched alkanes of at least 4 members (excludes halogenated alkanes) is 6. The van der Waals surface area contributed by atoms with Gasteiger partial charge in [0, 0.05) is 19.4 Å². The number of nitrogens with one attached hydrogen (secondary N) is 6. The zero-order chi connectivity index (χ0) is 46.5. The van der Waals surface area contributed by atoms with Gasteiger partial charge in [-0.15, -0.1) is 0 Å². The number of hydrogen-bond acceptors (Lipinski definition) is 11. The molecule has 1 saturated heterocycles. The summed E-state index contributed by atoms with van der Waals surface area (Å²) in [7, 11) is 0. The first-order chi connectivity index (χ1) is 29.3. The van der Waals surface area contributed by atoms with Crippen molar-refractivity contribution < 1.29 is 53.7 Å². The third kappa shape index (κ3) is 18.1. The first-order valence-electron chi connectivity index (χ1n) is 22.0. The highest BCUT2D eigenvalue weighted by Gasteiger charge is 2.41. The summed E-state index contributed by atoms with van der Waals surface area (Å²) in [5.41, 5.74) is 0.574. The molecule has 0 spiro atoms. The van der Waals surface area contributed by atoms with Crippen molar-refractivity contribution in [2.75, 3.05) is 6.54 Å². The third-order valence-electron chi connectivity index (χ3n) is 10.6. The average molecular weight is 874 g/mol. The van der Waals surface area contributed by atoms with Crippen molar-refractivity contribution in [3.63, 3.8) is 0 Å². The van der Waals surface area contributed by atoms with Crippen LogP contribution in [0.1, 0.15) is 125 Å². The fraction of sp³-hybridized carbons (Fsp3) is 0.682. The summed E-state index contributed by atoms with van der Waals surface area (Å²) in [6.45, 7) is 11.4. The molecule has 348 valence electrons. The highest BCUT2D eigenvalue weighted by Crippen LogP contribution is 2.21. The Morgan fingerprint density at radius 1 is 0.710 bits per heavy atom. The molecule has 3 unspecified atom stereocenters. The van der Waals surface area contributed by atoms with Gasteiger partial charge in [-0.1, -0.05) is 71.4 Å². The van der Waals surface area contributed by atoms with Crippen LogP contribution in [-0.2, 0) is 44.8 Å². The van der Waals surface area contributed by atoms with Crippen LogP contribution >= 0.6 is 0 Å². The lowest BCUT2D eigenvalue weighted by Gasteiger charge is -2.32. The molecule has 1 aromatic rings. The van der Waals surface area contributed by atoms with Crippen LogP contribution in [0.4, 0.5) is 0 Å². The first-order valence-corrected chi connectivity index (χ1v) is 22.0. The number of carbonyl (C=O) groups is 8. The average Bonchev–Trinajstić information content (AvgIpc) is 3.71. The first kappa shape index (κ1) is 53.0. The summed E-state index contributed by atoms with van der Waals surface area (Å²) in [5, 5.41) is 46.3. The zero-order valence-corrected chi connectivity index (χ0v) is 37.4. The largest absolute Gasteiger partial charge is 0.508 e. The number of phenolic OH excluding ortho intramolecular Hbond substituents is 1. The Labute approximate surface area is 365 Å². The third-order valence-corrected chi connectivity index (χ3v) is 10.6. The fourth-order valence-electron chi connectivity index (χ4n) is 7.09. The molecule has 1 heterocycles. The van der Waals surface area contributed by atoms with Crippen molar-refractivity contribution in [2.45, 2.75) is 180 Å². The Morgan fingerprint density at radius 3 is 1.89 bits per heavy atom. The number of rotatable bonds is 27. The van der Waals surface area contributed by atoms with Crippen LogP contribution in [0.5, 0.6) is 5.75 Å². The summed E-state index contributed by atoms with van der Waals surface area (Å²) in [6, 6.07) is -2.60. The van der Waals surface area contributed by atoms with E-state index in [1.165, 1.54) is 51.1 Å². The molecule has 0 radical (unpaired) electrons. The van der Waals surface area contributed by atoms with E-state index in [-0.39, 0.29) is 49.8 Å². The van der Waals surface area contributed by atoms with Gasteiger partial charge in [-0.3, -0.25) is 33.6 Å². The number of amides is 7. The quantitative estimate of drug-likeness (QED) is 0.0445. The van der Waals surface area contributed by atoms with Gasteiger partial charge in [-0.05, 0) is 77.0 Å². The van der Waals surface area contributed by atoms with Gasteiger partial charge in [0.25, 0.3) is 0 Å². The lowest BCUT2D eigenvalue weighted by Crippen LogP contribution is -2.62. The van der Waals surface area contributed by atoms with E-state index < -0.39 is 89.9 Å². The minimum absolute atomic E-state index is 0.00606. The van der Waals surface area contributed by atoms with Gasteiger partial charge in [0.05, 0.1) is 18.2 Å². The van der Waals surface area contributed by atoms with E-state index in [0.29, 0.717) is 24.7 Å². The number of phenols is 1. The van der Waals surface area contributed by atoms with Crippen molar-refractivity contribution in [1.82, 2.24) is 36.8 Å². The van der Waals surface area contributed by atoms with E-state index in [9.17, 15) is 53.7 Å². The molecular formula is C44H71N7O11. The Bertz CT molecular complexity index is 1640. The Morgan fingerprint density at radius 2 is 1.31 bits per heavy atom. The van der Waals surface area contributed by atoms with E-state index >= 15 is 0 Å². The van der Waals surface area contributed by atoms with Crippen LogP contribution in [0, 0.1) is 5.92 Å². The number of nitrogens with zero attached hydrogens (tertiary/aromatic N) is 1. The lowest BCUT2D eigenvalue weighted by atomic mass is 10.0. The summed E-state index contributed by atoms with van der Waals surface area (Å²) in [6.07, 6.45) is 5.92. The Balaban J connectivity index is 2.11. The number of aromatic hydroxyl groups is 1. The lowest BCUT2D eigenvalue weighted by molar-refractivity contribution is -0.145. The molecule has 1 aromatic carbocycles. The summed E-state index contributed by atoms with van der Waals surface area (Å²) >= 11 is 0. The van der Waals surface area contributed by atoms with Gasteiger partial charge in [-0.2, -0.15) is 0 Å². The Kier molecular flexibility index (Phi) is 23.2. The van der Waals surface area contributed by atoms with Crippen LogP contribution in [0.25, 0.3) is 0 Å². The number of aliphatic hydroxyl groups excluding tert-OH is 2. The summed E-state index contributed by atoms with van der Waals surface area (Å²) < 4.78 is 0. The van der Waals surface area contributed by atoms with Gasteiger partial charge in [0.1, 0.15) is 48.3 Å². The molecule has 0 saturated carbocycles. The van der Waals surface area contributed by atoms with Gasteiger partial charge in [-0.25, -0.2) is 0 Å². The second-order valence-corrected chi connectivity index (χ2v) is 16.9. The van der Waals surface area contributed by atoms with E-state index in [4.69, 9.17) is 0 Å². The number of likely N-dealkylation sites (tertiary alicyclic amines) is 1. The number of hydrogen-bond donors (Lipinski definition) is 9. The molecule has 0 aromatic heterocycles. The van der Waals surface area contributed by atoms with E-state index in [1.807, 2.05) is 13.8 Å². The van der Waals surface area contributed by atoms with Crippen LogP contribution in [-0.4, -0.2) is 129 Å². The van der Waals surface area contributed by atoms with Crippen LogP contribution in [0.2, 0.25) is 0 Å². The van der Waals surface area contributed by atoms with Crippen molar-refractivity contribution in [1.29, 1.82) is 0 Å². The second-order valence-electron chi connectivity index (χ2n) is 16.9. The van der Waals surface area contributed by atoms with Crippen molar-refractivity contribution in [2.24, 2.45) is 5.92 Å². The molecular weight excluding hydrogens is 803 g/mol. The molecule has 1 fully saturated rings. The maximum absolute atomic E-state index is 13.9. The van der Waals surface area contributed by atoms with E-state index in [0.717, 1.165) is 32.1 Å². The van der Waals surface area contributed by atoms with E-state index in [1.54, 1.807) is 12.1 Å². The monoisotopic (exact) mass is 874 g/mol. The summed E-state index contributed by atoms with van der Waals surface area (Å²) in [5.74, 6) is -4.91. The second kappa shape index (κ2) is 27.1.